The number of carbonyl (C=O) groups is 2. The number of ketones is 1. The zero-order valence-electron chi connectivity index (χ0n) is 17.5. The van der Waals surface area contributed by atoms with E-state index in [4.69, 9.17) is 0 Å². The first kappa shape index (κ1) is 21.7. The predicted molar refractivity (Wildman–Crippen MR) is 123 cm³/mol. The molecule has 1 aliphatic heterocycles. The predicted octanol–water partition coefficient (Wildman–Crippen LogP) is 4.77. The highest BCUT2D eigenvalue weighted by molar-refractivity contribution is 6.14. The van der Waals surface area contributed by atoms with E-state index in [0.29, 0.717) is 5.56 Å². The number of non-ortho nitro benzene ring substituents is 1. The van der Waals surface area contributed by atoms with Gasteiger partial charge in [-0.3, -0.25) is 19.7 Å². The van der Waals surface area contributed by atoms with Gasteiger partial charge in [-0.15, -0.1) is 0 Å². The normalized spacial score (nSPS) is 15.9. The molecule has 33 heavy (non-hydrogen) atoms. The van der Waals surface area contributed by atoms with Crippen LogP contribution in [0.15, 0.2) is 102 Å². The highest BCUT2D eigenvalue weighted by Crippen LogP contribution is 2.39. The summed E-state index contributed by atoms with van der Waals surface area (Å²) in [5.41, 5.74) is 1.94. The zero-order chi connectivity index (χ0) is 23.4. The standard InChI is InChI=1S/C26H20N2O5/c29-22(16-11-18-7-3-1-4-8-18)23-24(20-12-14-21(15-13-20)28(32)33)27(26(31)25(23)30)17-19-9-5-2-6-10-19/h1-16,24,30H,17H2/b16-11+. The van der Waals surface area contributed by atoms with E-state index in [1.54, 1.807) is 6.08 Å². The van der Waals surface area contributed by atoms with Crippen molar-refractivity contribution < 1.29 is 19.6 Å². The Bertz CT molecular complexity index is 1250. The molecule has 1 N–H and O–H groups in total. The maximum atomic E-state index is 13.1. The Kier molecular flexibility index (Phi) is 6.13. The van der Waals surface area contributed by atoms with Crippen LogP contribution >= 0.6 is 0 Å². The lowest BCUT2D eigenvalue weighted by atomic mass is 9.95. The average molecular weight is 440 g/mol. The first-order valence-electron chi connectivity index (χ1n) is 10.3. The summed E-state index contributed by atoms with van der Waals surface area (Å²) >= 11 is 0. The molecule has 0 spiro atoms. The molecule has 0 fully saturated rings. The van der Waals surface area contributed by atoms with Crippen molar-refractivity contribution in [2.45, 2.75) is 12.6 Å². The van der Waals surface area contributed by atoms with Gasteiger partial charge in [0.25, 0.3) is 11.6 Å². The number of aliphatic hydroxyl groups is 1. The van der Waals surface area contributed by atoms with Gasteiger partial charge in [0, 0.05) is 18.7 Å². The molecule has 4 rings (SSSR count). The second-order valence-electron chi connectivity index (χ2n) is 7.54. The Morgan fingerprint density at radius 2 is 1.58 bits per heavy atom. The Hall–Kier alpha value is -4.52. The highest BCUT2D eigenvalue weighted by atomic mass is 16.6. The van der Waals surface area contributed by atoms with Crippen LogP contribution in [0.3, 0.4) is 0 Å². The second-order valence-corrected chi connectivity index (χ2v) is 7.54. The molecule has 0 radical (unpaired) electrons. The highest BCUT2D eigenvalue weighted by Gasteiger charge is 2.42. The summed E-state index contributed by atoms with van der Waals surface area (Å²) in [5.74, 6) is -1.79. The number of hydrogen-bond acceptors (Lipinski definition) is 5. The molecule has 1 aliphatic rings. The van der Waals surface area contributed by atoms with Gasteiger partial charge in [-0.2, -0.15) is 0 Å². The van der Waals surface area contributed by atoms with Gasteiger partial charge >= 0.3 is 0 Å². The second kappa shape index (κ2) is 9.32. The molecule has 3 aromatic rings. The average Bonchev–Trinajstić information content (AvgIpc) is 3.09. The van der Waals surface area contributed by atoms with Crippen molar-refractivity contribution in [1.82, 2.24) is 4.90 Å². The van der Waals surface area contributed by atoms with Crippen LogP contribution in [-0.4, -0.2) is 26.6 Å². The smallest absolute Gasteiger partial charge is 0.290 e. The van der Waals surface area contributed by atoms with Crippen molar-refractivity contribution in [1.29, 1.82) is 0 Å². The number of benzene rings is 3. The fourth-order valence-electron chi connectivity index (χ4n) is 3.80. The third-order valence-corrected chi connectivity index (χ3v) is 5.41. The van der Waals surface area contributed by atoms with E-state index in [1.165, 1.54) is 35.2 Å². The van der Waals surface area contributed by atoms with Gasteiger partial charge in [-0.05, 0) is 34.9 Å². The van der Waals surface area contributed by atoms with Crippen LogP contribution in [0.25, 0.3) is 6.08 Å². The Balaban J connectivity index is 1.73. The summed E-state index contributed by atoms with van der Waals surface area (Å²) in [6, 6.07) is 23.1. The lowest BCUT2D eigenvalue weighted by molar-refractivity contribution is -0.384. The molecule has 1 unspecified atom stereocenters. The number of rotatable bonds is 7. The van der Waals surface area contributed by atoms with Crippen LogP contribution in [0.2, 0.25) is 0 Å². The molecular formula is C26H20N2O5. The fourth-order valence-corrected chi connectivity index (χ4v) is 3.80. The topological polar surface area (TPSA) is 101 Å². The van der Waals surface area contributed by atoms with Gasteiger partial charge in [-0.1, -0.05) is 66.7 Å². The van der Waals surface area contributed by atoms with E-state index in [1.807, 2.05) is 60.7 Å². The molecule has 164 valence electrons. The molecule has 1 heterocycles. The summed E-state index contributed by atoms with van der Waals surface area (Å²) in [5, 5.41) is 21.7. The SMILES string of the molecule is O=C(/C=C/c1ccccc1)C1=C(O)C(=O)N(Cc2ccccc2)C1c1ccc([N+](=O)[O-])cc1. The van der Waals surface area contributed by atoms with Gasteiger partial charge in [0.2, 0.25) is 0 Å². The number of nitro benzene ring substituents is 1. The van der Waals surface area contributed by atoms with E-state index < -0.39 is 28.4 Å². The number of nitrogens with zero attached hydrogens (tertiary/aromatic N) is 2. The van der Waals surface area contributed by atoms with Crippen LogP contribution in [-0.2, 0) is 16.1 Å². The molecule has 0 aromatic heterocycles. The quantitative estimate of drug-likeness (QED) is 0.324. The Morgan fingerprint density at radius 3 is 2.18 bits per heavy atom. The number of aliphatic hydroxyl groups excluding tert-OH is 1. The van der Waals surface area contributed by atoms with Crippen LogP contribution in [0.4, 0.5) is 5.69 Å². The zero-order valence-corrected chi connectivity index (χ0v) is 17.5. The molecule has 1 atom stereocenters. The van der Waals surface area contributed by atoms with Gasteiger partial charge in [0.15, 0.2) is 11.5 Å². The van der Waals surface area contributed by atoms with Gasteiger partial charge in [-0.25, -0.2) is 0 Å². The Labute approximate surface area is 190 Å². The first-order valence-corrected chi connectivity index (χ1v) is 10.3. The summed E-state index contributed by atoms with van der Waals surface area (Å²) in [4.78, 5) is 38.1. The molecule has 0 aliphatic carbocycles. The monoisotopic (exact) mass is 440 g/mol. The van der Waals surface area contributed by atoms with Crippen molar-refractivity contribution in [3.8, 4) is 0 Å². The molecule has 7 heteroatoms. The maximum Gasteiger partial charge on any atom is 0.290 e. The van der Waals surface area contributed by atoms with E-state index in [0.717, 1.165) is 11.1 Å². The van der Waals surface area contributed by atoms with Gasteiger partial charge in [0.05, 0.1) is 16.5 Å². The minimum atomic E-state index is -0.883. The number of allylic oxidation sites excluding steroid dienone is 1. The van der Waals surface area contributed by atoms with E-state index in [2.05, 4.69) is 0 Å². The van der Waals surface area contributed by atoms with Crippen molar-refractivity contribution in [3.05, 3.63) is 129 Å². The largest absolute Gasteiger partial charge is 0.503 e. The Morgan fingerprint density at radius 1 is 0.970 bits per heavy atom. The minimum Gasteiger partial charge on any atom is -0.503 e. The van der Waals surface area contributed by atoms with Crippen molar-refractivity contribution in [2.75, 3.05) is 0 Å². The van der Waals surface area contributed by atoms with E-state index in [9.17, 15) is 24.8 Å². The van der Waals surface area contributed by atoms with Gasteiger partial charge in [0.1, 0.15) is 0 Å². The molecule has 3 aromatic carbocycles. The van der Waals surface area contributed by atoms with Crippen molar-refractivity contribution in [3.63, 3.8) is 0 Å². The number of carbonyl (C=O) groups excluding carboxylic acids is 2. The summed E-state index contributed by atoms with van der Waals surface area (Å²) < 4.78 is 0. The number of hydrogen-bond donors (Lipinski definition) is 1. The lowest BCUT2D eigenvalue weighted by Crippen LogP contribution is -2.30. The van der Waals surface area contributed by atoms with Crippen LogP contribution in [0.1, 0.15) is 22.7 Å². The molecule has 0 saturated heterocycles. The van der Waals surface area contributed by atoms with Crippen molar-refractivity contribution in [2.24, 2.45) is 0 Å². The summed E-state index contributed by atoms with van der Waals surface area (Å²) in [6.45, 7) is 0.157. The van der Waals surface area contributed by atoms with Crippen molar-refractivity contribution >= 4 is 23.5 Å². The fraction of sp³-hybridized carbons (Fsp3) is 0.0769. The molecule has 0 bridgehead atoms. The van der Waals surface area contributed by atoms with Gasteiger partial charge < -0.3 is 10.0 Å². The van der Waals surface area contributed by atoms with E-state index >= 15 is 0 Å². The first-order chi connectivity index (χ1) is 16.0. The third kappa shape index (κ3) is 4.57. The number of amides is 1. The van der Waals surface area contributed by atoms with Crippen LogP contribution < -0.4 is 0 Å². The maximum absolute atomic E-state index is 13.1. The molecule has 1 amide bonds. The minimum absolute atomic E-state index is 0.0584. The van der Waals surface area contributed by atoms with Crippen LogP contribution in [0, 0.1) is 10.1 Å². The number of nitro groups is 1. The lowest BCUT2D eigenvalue weighted by Gasteiger charge is -2.26. The molecular weight excluding hydrogens is 420 g/mol. The molecule has 0 saturated carbocycles. The summed E-state index contributed by atoms with van der Waals surface area (Å²) in [6.07, 6.45) is 2.93. The summed E-state index contributed by atoms with van der Waals surface area (Å²) in [7, 11) is 0. The molecule has 7 nitrogen and oxygen atoms in total. The third-order valence-electron chi connectivity index (χ3n) is 5.41. The van der Waals surface area contributed by atoms with E-state index in [-0.39, 0.29) is 17.8 Å². The van der Waals surface area contributed by atoms with Crippen LogP contribution in [0.5, 0.6) is 0 Å².